The van der Waals surface area contributed by atoms with Crippen LogP contribution in [0.4, 0.5) is 5.69 Å². The maximum absolute atomic E-state index is 12.7. The lowest BCUT2D eigenvalue weighted by Gasteiger charge is -2.13. The fourth-order valence-corrected chi connectivity index (χ4v) is 4.29. The van der Waals surface area contributed by atoms with Gasteiger partial charge < -0.3 is 9.88 Å². The SMILES string of the molecule is CC(=O)Nc1ccc(C(=O)CSc2nnc(-c3ccc(Cl)cc3Cl)n2CC(C)C)cc1. The third kappa shape index (κ3) is 6.09. The second-order valence-corrected chi connectivity index (χ2v) is 9.19. The number of carbonyl (C=O) groups is 2. The van der Waals surface area contributed by atoms with Gasteiger partial charge in [0, 0.05) is 35.3 Å². The fraction of sp³-hybridized carbons (Fsp3) is 0.273. The summed E-state index contributed by atoms with van der Waals surface area (Å²) in [5.74, 6) is 1.01. The van der Waals surface area contributed by atoms with Crippen LogP contribution in [0.3, 0.4) is 0 Å². The van der Waals surface area contributed by atoms with Crippen molar-refractivity contribution in [3.8, 4) is 11.4 Å². The molecule has 0 bridgehead atoms. The summed E-state index contributed by atoms with van der Waals surface area (Å²) in [5.41, 5.74) is 1.96. The number of amides is 1. The van der Waals surface area contributed by atoms with Gasteiger partial charge in [-0.3, -0.25) is 9.59 Å². The summed E-state index contributed by atoms with van der Waals surface area (Å²) >= 11 is 13.7. The van der Waals surface area contributed by atoms with Crippen LogP contribution < -0.4 is 5.32 Å². The molecule has 0 aliphatic rings. The van der Waals surface area contributed by atoms with Crippen molar-refractivity contribution >= 4 is 52.3 Å². The van der Waals surface area contributed by atoms with E-state index in [4.69, 9.17) is 23.2 Å². The number of rotatable bonds is 8. The van der Waals surface area contributed by atoms with E-state index >= 15 is 0 Å². The van der Waals surface area contributed by atoms with Crippen LogP contribution in [0.15, 0.2) is 47.6 Å². The normalized spacial score (nSPS) is 11.0. The Hall–Kier alpha value is -2.35. The van der Waals surface area contributed by atoms with Crippen LogP contribution >= 0.6 is 35.0 Å². The molecule has 0 saturated carbocycles. The number of anilines is 1. The van der Waals surface area contributed by atoms with Gasteiger partial charge in [-0.15, -0.1) is 10.2 Å². The molecule has 0 radical (unpaired) electrons. The molecule has 1 amide bonds. The number of hydrogen-bond acceptors (Lipinski definition) is 5. The monoisotopic (exact) mass is 476 g/mol. The molecule has 1 heterocycles. The molecule has 0 saturated heterocycles. The minimum atomic E-state index is -0.157. The Morgan fingerprint density at radius 2 is 1.81 bits per heavy atom. The highest BCUT2D eigenvalue weighted by Gasteiger charge is 2.19. The van der Waals surface area contributed by atoms with E-state index < -0.39 is 0 Å². The van der Waals surface area contributed by atoms with Crippen molar-refractivity contribution in [3.05, 3.63) is 58.1 Å². The third-order valence-corrected chi connectivity index (χ3v) is 5.81. The highest BCUT2D eigenvalue weighted by Crippen LogP contribution is 2.32. The van der Waals surface area contributed by atoms with E-state index in [0.717, 1.165) is 5.56 Å². The number of nitrogens with one attached hydrogen (secondary N) is 1. The van der Waals surface area contributed by atoms with Crippen molar-refractivity contribution in [3.63, 3.8) is 0 Å². The molecule has 3 rings (SSSR count). The predicted molar refractivity (Wildman–Crippen MR) is 126 cm³/mol. The van der Waals surface area contributed by atoms with Crippen LogP contribution in [0.1, 0.15) is 31.1 Å². The highest BCUT2D eigenvalue weighted by molar-refractivity contribution is 7.99. The van der Waals surface area contributed by atoms with Crippen LogP contribution in [0.5, 0.6) is 0 Å². The Morgan fingerprint density at radius 3 is 2.42 bits per heavy atom. The van der Waals surface area contributed by atoms with Crippen molar-refractivity contribution < 1.29 is 9.59 Å². The molecule has 31 heavy (non-hydrogen) atoms. The number of hydrogen-bond donors (Lipinski definition) is 1. The van der Waals surface area contributed by atoms with E-state index in [2.05, 4.69) is 29.4 Å². The standard InChI is InChI=1S/C22H22Cl2N4O2S/c1-13(2)11-28-21(18-9-6-16(23)10-19(18)24)26-27-22(28)31-12-20(30)15-4-7-17(8-5-15)25-14(3)29/h4-10,13H,11-12H2,1-3H3,(H,25,29). The van der Waals surface area contributed by atoms with Crippen LogP contribution in [0.25, 0.3) is 11.4 Å². The topological polar surface area (TPSA) is 76.9 Å². The maximum atomic E-state index is 12.7. The molecular weight excluding hydrogens is 455 g/mol. The smallest absolute Gasteiger partial charge is 0.221 e. The number of carbonyl (C=O) groups excluding carboxylic acids is 2. The summed E-state index contributed by atoms with van der Waals surface area (Å²) in [4.78, 5) is 23.8. The lowest BCUT2D eigenvalue weighted by Crippen LogP contribution is -2.10. The van der Waals surface area contributed by atoms with Gasteiger partial charge in [0.1, 0.15) is 0 Å². The minimum absolute atomic E-state index is 0.0375. The van der Waals surface area contributed by atoms with Gasteiger partial charge in [0.05, 0.1) is 10.8 Å². The lowest BCUT2D eigenvalue weighted by molar-refractivity contribution is -0.114. The third-order valence-electron chi connectivity index (χ3n) is 4.30. The second-order valence-electron chi connectivity index (χ2n) is 7.41. The number of thioether (sulfide) groups is 1. The molecule has 0 atom stereocenters. The molecule has 2 aromatic carbocycles. The van der Waals surface area contributed by atoms with Crippen molar-refractivity contribution in [2.24, 2.45) is 5.92 Å². The Kier molecular flexibility index (Phi) is 7.75. The van der Waals surface area contributed by atoms with E-state index in [1.807, 2.05) is 10.6 Å². The van der Waals surface area contributed by atoms with Gasteiger partial charge in [0.15, 0.2) is 16.8 Å². The molecule has 0 aliphatic carbocycles. The van der Waals surface area contributed by atoms with Crippen molar-refractivity contribution in [2.75, 3.05) is 11.1 Å². The molecule has 0 aliphatic heterocycles. The number of halogens is 2. The molecular formula is C22H22Cl2N4O2S. The molecule has 1 N–H and O–H groups in total. The zero-order valence-corrected chi connectivity index (χ0v) is 19.7. The maximum Gasteiger partial charge on any atom is 0.221 e. The van der Waals surface area contributed by atoms with Crippen LogP contribution in [0.2, 0.25) is 10.0 Å². The summed E-state index contributed by atoms with van der Waals surface area (Å²) in [6.07, 6.45) is 0. The van der Waals surface area contributed by atoms with Crippen LogP contribution in [-0.4, -0.2) is 32.2 Å². The molecule has 3 aromatic rings. The van der Waals surface area contributed by atoms with E-state index in [-0.39, 0.29) is 17.4 Å². The van der Waals surface area contributed by atoms with Gasteiger partial charge >= 0.3 is 0 Å². The average Bonchev–Trinajstić information content (AvgIpc) is 3.08. The Bertz CT molecular complexity index is 1100. The zero-order chi connectivity index (χ0) is 22.5. The van der Waals surface area contributed by atoms with Gasteiger partial charge in [0.25, 0.3) is 0 Å². The van der Waals surface area contributed by atoms with Crippen LogP contribution in [0, 0.1) is 5.92 Å². The number of benzene rings is 2. The summed E-state index contributed by atoms with van der Waals surface area (Å²) in [5, 5.41) is 13.0. The van der Waals surface area contributed by atoms with Crippen LogP contribution in [-0.2, 0) is 11.3 Å². The van der Waals surface area contributed by atoms with Crippen molar-refractivity contribution in [2.45, 2.75) is 32.5 Å². The first-order chi connectivity index (χ1) is 14.7. The Labute approximate surface area is 195 Å². The molecule has 0 unspecified atom stereocenters. The molecule has 0 fully saturated rings. The zero-order valence-electron chi connectivity index (χ0n) is 17.4. The summed E-state index contributed by atoms with van der Waals surface area (Å²) in [7, 11) is 0. The van der Waals surface area contributed by atoms with E-state index in [9.17, 15) is 9.59 Å². The first-order valence-electron chi connectivity index (χ1n) is 9.67. The summed E-state index contributed by atoms with van der Waals surface area (Å²) < 4.78 is 1.98. The average molecular weight is 477 g/mol. The number of nitrogens with zero attached hydrogens (tertiary/aromatic N) is 3. The first kappa shape index (κ1) is 23.3. The predicted octanol–water partition coefficient (Wildman–Crippen LogP) is 5.84. The van der Waals surface area contributed by atoms with E-state index in [0.29, 0.717) is 44.7 Å². The quantitative estimate of drug-likeness (QED) is 0.326. The second kappa shape index (κ2) is 10.3. The highest BCUT2D eigenvalue weighted by atomic mass is 35.5. The van der Waals surface area contributed by atoms with Crippen molar-refractivity contribution in [1.82, 2.24) is 14.8 Å². The molecule has 162 valence electrons. The van der Waals surface area contributed by atoms with Gasteiger partial charge in [-0.05, 0) is 48.4 Å². The number of Topliss-reactive ketones (excluding diaryl/α,β-unsaturated/α-hetero) is 1. The van der Waals surface area contributed by atoms with Crippen molar-refractivity contribution in [1.29, 1.82) is 0 Å². The summed E-state index contributed by atoms with van der Waals surface area (Å²) in [6, 6.07) is 12.1. The van der Waals surface area contributed by atoms with Gasteiger partial charge in [-0.2, -0.15) is 0 Å². The van der Waals surface area contributed by atoms with Gasteiger partial charge in [0.2, 0.25) is 5.91 Å². The minimum Gasteiger partial charge on any atom is -0.326 e. The van der Waals surface area contributed by atoms with E-state index in [1.165, 1.54) is 18.7 Å². The number of aromatic nitrogens is 3. The number of ketones is 1. The van der Waals surface area contributed by atoms with Gasteiger partial charge in [-0.25, -0.2) is 0 Å². The molecule has 1 aromatic heterocycles. The first-order valence-corrected chi connectivity index (χ1v) is 11.4. The summed E-state index contributed by atoms with van der Waals surface area (Å²) in [6.45, 7) is 6.32. The fourth-order valence-electron chi connectivity index (χ4n) is 2.95. The molecule has 0 spiro atoms. The Morgan fingerprint density at radius 1 is 1.10 bits per heavy atom. The lowest BCUT2D eigenvalue weighted by atomic mass is 10.1. The van der Waals surface area contributed by atoms with Gasteiger partial charge in [-0.1, -0.05) is 48.8 Å². The Balaban J connectivity index is 1.79. The molecule has 9 heteroatoms. The van der Waals surface area contributed by atoms with E-state index in [1.54, 1.807) is 36.4 Å². The largest absolute Gasteiger partial charge is 0.326 e. The molecule has 6 nitrogen and oxygen atoms in total.